The molecule has 1 fully saturated rings. The second-order valence-electron chi connectivity index (χ2n) is 8.07. The van der Waals surface area contributed by atoms with E-state index >= 15 is 0 Å². The molecule has 0 N–H and O–H groups in total. The first-order valence-electron chi connectivity index (χ1n) is 10.2. The smallest absolute Gasteiger partial charge is 0.111 e. The molecular weight excluding hydrogens is 332 g/mol. The first kappa shape index (κ1) is 15.6. The second kappa shape index (κ2) is 6.03. The molecule has 0 atom stereocenters. The van der Waals surface area contributed by atoms with Gasteiger partial charge in [0.05, 0.1) is 22.9 Å². The van der Waals surface area contributed by atoms with Crippen molar-refractivity contribution in [2.45, 2.75) is 38.3 Å². The fourth-order valence-electron chi connectivity index (χ4n) is 4.78. The summed E-state index contributed by atoms with van der Waals surface area (Å²) in [6, 6.07) is 14.2. The third kappa shape index (κ3) is 2.54. The Hall–Kier alpha value is -2.46. The molecule has 0 saturated heterocycles. The summed E-state index contributed by atoms with van der Waals surface area (Å²) in [7, 11) is 0. The minimum absolute atomic E-state index is 0.809. The number of imidazole rings is 1. The number of benzene rings is 2. The van der Waals surface area contributed by atoms with Crippen LogP contribution in [0, 0.1) is 0 Å². The molecule has 3 aromatic rings. The van der Waals surface area contributed by atoms with E-state index in [1.165, 1.54) is 46.9 Å². The molecule has 0 unspecified atom stereocenters. The molecule has 27 heavy (non-hydrogen) atoms. The molecule has 1 saturated carbocycles. The van der Waals surface area contributed by atoms with Crippen LogP contribution in [0.25, 0.3) is 28.2 Å². The molecule has 0 amide bonds. The molecule has 6 rings (SSSR count). The average molecular weight is 356 g/mol. The maximum atomic E-state index is 5.02. The van der Waals surface area contributed by atoms with Crippen molar-refractivity contribution >= 4 is 17.1 Å². The average Bonchev–Trinajstić information content (AvgIpc) is 3.20. The standard InChI is InChI=1S/C23H24N4/c1-2-19(3-1)26-11-9-23-25-21-15-18(6-7-22(21)27(23)13-12-26)17-5-4-16-8-10-24-20(16)14-17/h4-8,14-15,19H,1-3,9-13H2. The summed E-state index contributed by atoms with van der Waals surface area (Å²) in [5.74, 6) is 1.25. The lowest BCUT2D eigenvalue weighted by molar-refractivity contribution is 0.130. The Morgan fingerprint density at radius 2 is 1.81 bits per heavy atom. The van der Waals surface area contributed by atoms with Crippen LogP contribution in [0.15, 0.2) is 41.4 Å². The van der Waals surface area contributed by atoms with Crippen molar-refractivity contribution in [2.24, 2.45) is 4.99 Å². The molecule has 4 heteroatoms. The molecule has 4 nitrogen and oxygen atoms in total. The number of hydrogen-bond donors (Lipinski definition) is 0. The number of nitrogens with zero attached hydrogens (tertiary/aromatic N) is 4. The van der Waals surface area contributed by atoms with Crippen molar-refractivity contribution in [1.29, 1.82) is 0 Å². The van der Waals surface area contributed by atoms with Gasteiger partial charge in [-0.05, 0) is 47.4 Å². The Labute approximate surface area is 158 Å². The van der Waals surface area contributed by atoms with Crippen molar-refractivity contribution in [1.82, 2.24) is 14.5 Å². The van der Waals surface area contributed by atoms with E-state index in [0.717, 1.165) is 49.5 Å². The normalized spacial score (nSPS) is 19.7. The maximum absolute atomic E-state index is 5.02. The van der Waals surface area contributed by atoms with E-state index in [0.29, 0.717) is 0 Å². The zero-order valence-electron chi connectivity index (χ0n) is 15.6. The molecule has 136 valence electrons. The van der Waals surface area contributed by atoms with E-state index < -0.39 is 0 Å². The number of rotatable bonds is 2. The Bertz CT molecular complexity index is 1150. The van der Waals surface area contributed by atoms with Gasteiger partial charge < -0.3 is 4.57 Å². The van der Waals surface area contributed by atoms with Crippen LogP contribution in [0.3, 0.4) is 0 Å². The van der Waals surface area contributed by atoms with Crippen molar-refractivity contribution in [2.75, 3.05) is 19.6 Å². The van der Waals surface area contributed by atoms with Crippen LogP contribution in [-0.2, 0) is 13.0 Å². The molecule has 1 aromatic heterocycles. The monoisotopic (exact) mass is 356 g/mol. The highest BCUT2D eigenvalue weighted by atomic mass is 15.2. The first-order valence-corrected chi connectivity index (χ1v) is 10.2. The first-order chi connectivity index (χ1) is 13.3. The highest BCUT2D eigenvalue weighted by Crippen LogP contribution is 2.28. The summed E-state index contributed by atoms with van der Waals surface area (Å²) in [4.78, 5) is 12.3. The molecule has 2 aliphatic heterocycles. The lowest BCUT2D eigenvalue weighted by Crippen LogP contribution is -2.41. The fourth-order valence-corrected chi connectivity index (χ4v) is 4.78. The molecule has 0 radical (unpaired) electrons. The summed E-state index contributed by atoms with van der Waals surface area (Å²) in [5, 5.41) is 2.37. The van der Waals surface area contributed by atoms with Gasteiger partial charge in [-0.15, -0.1) is 0 Å². The zero-order valence-corrected chi connectivity index (χ0v) is 15.6. The van der Waals surface area contributed by atoms with Gasteiger partial charge in [0, 0.05) is 32.1 Å². The summed E-state index contributed by atoms with van der Waals surface area (Å²) in [6.45, 7) is 4.19. The van der Waals surface area contributed by atoms with Gasteiger partial charge in [-0.1, -0.05) is 30.7 Å². The molecule has 0 bridgehead atoms. The van der Waals surface area contributed by atoms with E-state index in [-0.39, 0.29) is 0 Å². The molecule has 2 aromatic carbocycles. The van der Waals surface area contributed by atoms with E-state index in [1.807, 2.05) is 0 Å². The SMILES string of the molecule is C1=c2ccc(-c3ccc4c(c3)nc3n4CCN(C4CCC4)CC3)cc2=NC1. The van der Waals surface area contributed by atoms with Crippen LogP contribution in [0.1, 0.15) is 25.1 Å². The maximum Gasteiger partial charge on any atom is 0.111 e. The predicted molar refractivity (Wildman–Crippen MR) is 108 cm³/mol. The number of fused-ring (bicyclic) bond motifs is 4. The Morgan fingerprint density at radius 3 is 2.70 bits per heavy atom. The van der Waals surface area contributed by atoms with Gasteiger partial charge in [-0.2, -0.15) is 0 Å². The van der Waals surface area contributed by atoms with Gasteiger partial charge >= 0.3 is 0 Å². The summed E-state index contributed by atoms with van der Waals surface area (Å²) in [5.41, 5.74) is 4.87. The lowest BCUT2D eigenvalue weighted by atomic mass is 9.91. The molecule has 1 aliphatic carbocycles. The van der Waals surface area contributed by atoms with Crippen LogP contribution >= 0.6 is 0 Å². The summed E-state index contributed by atoms with van der Waals surface area (Å²) in [6.07, 6.45) is 7.43. The van der Waals surface area contributed by atoms with Gasteiger partial charge in [0.25, 0.3) is 0 Å². The van der Waals surface area contributed by atoms with Crippen molar-refractivity contribution in [3.05, 3.63) is 52.8 Å². The van der Waals surface area contributed by atoms with Gasteiger partial charge in [-0.25, -0.2) is 4.98 Å². The molecule has 3 aliphatic rings. The van der Waals surface area contributed by atoms with Gasteiger partial charge in [-0.3, -0.25) is 9.89 Å². The fraction of sp³-hybridized carbons (Fsp3) is 0.391. The van der Waals surface area contributed by atoms with Crippen LogP contribution in [-0.4, -0.2) is 40.1 Å². The van der Waals surface area contributed by atoms with Gasteiger partial charge in [0.2, 0.25) is 0 Å². The second-order valence-corrected chi connectivity index (χ2v) is 8.07. The molecular formula is C23H24N4. The van der Waals surface area contributed by atoms with E-state index in [4.69, 9.17) is 4.98 Å². The van der Waals surface area contributed by atoms with Crippen molar-refractivity contribution < 1.29 is 0 Å². The van der Waals surface area contributed by atoms with Crippen LogP contribution in [0.5, 0.6) is 0 Å². The lowest BCUT2D eigenvalue weighted by Gasteiger charge is -2.36. The Kier molecular flexibility index (Phi) is 3.48. The highest BCUT2D eigenvalue weighted by molar-refractivity contribution is 5.82. The Morgan fingerprint density at radius 1 is 0.926 bits per heavy atom. The summed E-state index contributed by atoms with van der Waals surface area (Å²) >= 11 is 0. The quantitative estimate of drug-likeness (QED) is 0.707. The third-order valence-electron chi connectivity index (χ3n) is 6.59. The van der Waals surface area contributed by atoms with E-state index in [1.54, 1.807) is 0 Å². The zero-order chi connectivity index (χ0) is 17.8. The van der Waals surface area contributed by atoms with Crippen LogP contribution in [0.2, 0.25) is 0 Å². The highest BCUT2D eigenvalue weighted by Gasteiger charge is 2.27. The van der Waals surface area contributed by atoms with Crippen LogP contribution < -0.4 is 10.6 Å². The minimum Gasteiger partial charge on any atom is -0.327 e. The van der Waals surface area contributed by atoms with Crippen molar-refractivity contribution in [3.63, 3.8) is 0 Å². The molecule has 0 spiro atoms. The van der Waals surface area contributed by atoms with Gasteiger partial charge in [0.15, 0.2) is 0 Å². The largest absolute Gasteiger partial charge is 0.327 e. The molecule has 3 heterocycles. The predicted octanol–water partition coefficient (Wildman–Crippen LogP) is 2.53. The minimum atomic E-state index is 0.809. The summed E-state index contributed by atoms with van der Waals surface area (Å²) < 4.78 is 2.45. The third-order valence-corrected chi connectivity index (χ3v) is 6.59. The number of aromatic nitrogens is 2. The number of hydrogen-bond acceptors (Lipinski definition) is 3. The van der Waals surface area contributed by atoms with Crippen molar-refractivity contribution in [3.8, 4) is 11.1 Å². The van der Waals surface area contributed by atoms with E-state index in [2.05, 4.69) is 56.9 Å². The van der Waals surface area contributed by atoms with Gasteiger partial charge in [0.1, 0.15) is 5.82 Å². The topological polar surface area (TPSA) is 33.4 Å². The van der Waals surface area contributed by atoms with E-state index in [9.17, 15) is 0 Å². The van der Waals surface area contributed by atoms with Crippen LogP contribution in [0.4, 0.5) is 0 Å². The Balaban J connectivity index is 1.35.